The lowest BCUT2D eigenvalue weighted by molar-refractivity contribution is -0.124. The lowest BCUT2D eigenvalue weighted by Gasteiger charge is -2.11. The molecular formula is C13H14O6S. The van der Waals surface area contributed by atoms with Crippen LogP contribution in [0.2, 0.25) is 0 Å². The molecule has 0 spiro atoms. The Morgan fingerprint density at radius 3 is 1.85 bits per heavy atom. The van der Waals surface area contributed by atoms with E-state index in [2.05, 4.69) is 0 Å². The summed E-state index contributed by atoms with van der Waals surface area (Å²) in [5.74, 6) is -3.06. The van der Waals surface area contributed by atoms with Crippen LogP contribution in [0.4, 0.5) is 0 Å². The predicted molar refractivity (Wildman–Crippen MR) is 71.2 cm³/mol. The first-order chi connectivity index (χ1) is 9.15. The quantitative estimate of drug-likeness (QED) is 0.780. The highest BCUT2D eigenvalue weighted by atomic mass is 32.2. The Balaban J connectivity index is 3.04. The summed E-state index contributed by atoms with van der Waals surface area (Å²) in [6.07, 6.45) is 0. The number of carbonyl (C=O) groups is 3. The third-order valence-corrected chi connectivity index (χ3v) is 4.78. The van der Waals surface area contributed by atoms with Gasteiger partial charge in [0, 0.05) is 0 Å². The summed E-state index contributed by atoms with van der Waals surface area (Å²) in [7, 11) is -3.95. The van der Waals surface area contributed by atoms with Gasteiger partial charge in [-0.15, -0.1) is 0 Å². The Hall–Kier alpha value is -2.02. The van der Waals surface area contributed by atoms with Crippen LogP contribution in [-0.2, 0) is 25.2 Å². The zero-order valence-corrected chi connectivity index (χ0v) is 11.8. The van der Waals surface area contributed by atoms with E-state index >= 15 is 0 Å². The van der Waals surface area contributed by atoms with Crippen LogP contribution in [0.1, 0.15) is 29.8 Å². The first-order valence-corrected chi connectivity index (χ1v) is 7.41. The third kappa shape index (κ3) is 3.74. The number of carboxylic acids is 1. The fourth-order valence-electron chi connectivity index (χ4n) is 1.85. The molecule has 0 amide bonds. The molecule has 1 aromatic rings. The van der Waals surface area contributed by atoms with Gasteiger partial charge in [0.15, 0.2) is 26.7 Å². The van der Waals surface area contributed by atoms with Gasteiger partial charge in [0.25, 0.3) is 0 Å². The molecule has 1 N–H and O–H groups in total. The lowest BCUT2D eigenvalue weighted by atomic mass is 10.1. The van der Waals surface area contributed by atoms with Crippen LogP contribution < -0.4 is 0 Å². The van der Waals surface area contributed by atoms with E-state index in [0.717, 1.165) is 13.8 Å². The maximum atomic E-state index is 12.0. The first-order valence-electron chi connectivity index (χ1n) is 5.70. The van der Waals surface area contributed by atoms with Gasteiger partial charge in [-0.3, -0.25) is 9.59 Å². The molecule has 20 heavy (non-hydrogen) atoms. The number of aromatic carboxylic acids is 1. The Bertz CT molecular complexity index is 628. The van der Waals surface area contributed by atoms with Crippen LogP contribution >= 0.6 is 0 Å². The number of hydrogen-bond donors (Lipinski definition) is 1. The van der Waals surface area contributed by atoms with Crippen molar-refractivity contribution in [2.75, 3.05) is 0 Å². The van der Waals surface area contributed by atoms with Gasteiger partial charge in [-0.1, -0.05) is 12.1 Å². The summed E-state index contributed by atoms with van der Waals surface area (Å²) in [6, 6.07) is 5.23. The highest BCUT2D eigenvalue weighted by molar-refractivity contribution is 7.92. The molecule has 0 aliphatic heterocycles. The van der Waals surface area contributed by atoms with E-state index in [9.17, 15) is 22.8 Å². The summed E-state index contributed by atoms with van der Waals surface area (Å²) >= 11 is 0. The van der Waals surface area contributed by atoms with Gasteiger partial charge in [0.1, 0.15) is 0 Å². The van der Waals surface area contributed by atoms with Gasteiger partial charge in [-0.05, 0) is 31.5 Å². The fourth-order valence-corrected chi connectivity index (χ4v) is 3.69. The maximum Gasteiger partial charge on any atom is 0.335 e. The largest absolute Gasteiger partial charge is 0.478 e. The van der Waals surface area contributed by atoms with Crippen LogP contribution in [0, 0.1) is 0 Å². The van der Waals surface area contributed by atoms with Crippen molar-refractivity contribution in [3.05, 3.63) is 35.4 Å². The van der Waals surface area contributed by atoms with Crippen molar-refractivity contribution in [2.24, 2.45) is 0 Å². The molecule has 0 heterocycles. The number of sulfone groups is 1. The number of hydrogen-bond acceptors (Lipinski definition) is 5. The molecular weight excluding hydrogens is 284 g/mol. The summed E-state index contributed by atoms with van der Waals surface area (Å²) < 4.78 is 24.1. The molecule has 1 aromatic carbocycles. The molecule has 0 saturated carbocycles. The number of carbonyl (C=O) groups excluding carboxylic acids is 2. The molecule has 108 valence electrons. The molecule has 0 fully saturated rings. The van der Waals surface area contributed by atoms with E-state index in [4.69, 9.17) is 5.11 Å². The highest BCUT2D eigenvalue weighted by Gasteiger charge is 2.33. The van der Waals surface area contributed by atoms with E-state index in [1.165, 1.54) is 24.3 Å². The minimum Gasteiger partial charge on any atom is -0.478 e. The topological polar surface area (TPSA) is 106 Å². The van der Waals surface area contributed by atoms with Crippen molar-refractivity contribution < 1.29 is 27.9 Å². The number of rotatable bonds is 6. The predicted octanol–water partition coefficient (Wildman–Crippen LogP) is 0.846. The van der Waals surface area contributed by atoms with Crippen molar-refractivity contribution >= 4 is 27.4 Å². The summed E-state index contributed by atoms with van der Waals surface area (Å²) in [4.78, 5) is 33.3. The zero-order valence-electron chi connectivity index (χ0n) is 11.0. The normalized spacial score (nSPS) is 11.3. The van der Waals surface area contributed by atoms with E-state index < -0.39 is 38.4 Å². The van der Waals surface area contributed by atoms with E-state index in [-0.39, 0.29) is 5.56 Å². The van der Waals surface area contributed by atoms with Gasteiger partial charge in [-0.25, -0.2) is 13.2 Å². The number of benzene rings is 1. The second-order valence-electron chi connectivity index (χ2n) is 4.41. The van der Waals surface area contributed by atoms with Crippen LogP contribution in [0.15, 0.2) is 24.3 Å². The molecule has 0 atom stereocenters. The molecule has 0 aliphatic rings. The van der Waals surface area contributed by atoms with Gasteiger partial charge < -0.3 is 5.11 Å². The van der Waals surface area contributed by atoms with Crippen LogP contribution in [0.5, 0.6) is 0 Å². The zero-order chi connectivity index (χ0) is 15.5. The summed E-state index contributed by atoms with van der Waals surface area (Å²) in [5, 5.41) is 7.07. The molecule has 7 heteroatoms. The minimum absolute atomic E-state index is 0.0285. The van der Waals surface area contributed by atoms with Crippen LogP contribution in [0.25, 0.3) is 0 Å². The number of Topliss-reactive ketones (excluding diaryl/α,β-unsaturated/α-hetero) is 2. The van der Waals surface area contributed by atoms with Crippen molar-refractivity contribution in [1.29, 1.82) is 0 Å². The minimum atomic E-state index is -3.95. The lowest BCUT2D eigenvalue weighted by Crippen LogP contribution is -2.35. The second-order valence-corrected chi connectivity index (χ2v) is 6.50. The smallest absolute Gasteiger partial charge is 0.335 e. The third-order valence-electron chi connectivity index (χ3n) is 2.67. The Morgan fingerprint density at radius 2 is 1.50 bits per heavy atom. The van der Waals surface area contributed by atoms with Crippen molar-refractivity contribution in [3.63, 3.8) is 0 Å². The Kier molecular flexibility index (Phi) is 4.78. The maximum absolute atomic E-state index is 12.0. The second kappa shape index (κ2) is 5.96. The number of carboxylic acid groups (broad SMARTS) is 1. The van der Waals surface area contributed by atoms with E-state index in [0.29, 0.717) is 5.56 Å². The first kappa shape index (κ1) is 16.0. The van der Waals surface area contributed by atoms with Gasteiger partial charge >= 0.3 is 5.97 Å². The van der Waals surface area contributed by atoms with Gasteiger partial charge in [-0.2, -0.15) is 0 Å². The van der Waals surface area contributed by atoms with Crippen LogP contribution in [0.3, 0.4) is 0 Å². The summed E-state index contributed by atoms with van der Waals surface area (Å²) in [6.45, 7) is 2.11. The number of ketones is 2. The van der Waals surface area contributed by atoms with Crippen molar-refractivity contribution in [1.82, 2.24) is 0 Å². The standard InChI is InChI=1S/C13H14O6S/c1-8(14)12(9(2)15)20(18,19)7-10-3-5-11(6-4-10)13(16)17/h3-6,12H,7H2,1-2H3,(H,16,17). The van der Waals surface area contributed by atoms with E-state index in [1.54, 1.807) is 0 Å². The molecule has 0 bridgehead atoms. The molecule has 0 radical (unpaired) electrons. The van der Waals surface area contributed by atoms with Crippen molar-refractivity contribution in [3.8, 4) is 0 Å². The molecule has 0 saturated heterocycles. The fraction of sp³-hybridized carbons (Fsp3) is 0.308. The highest BCUT2D eigenvalue weighted by Crippen LogP contribution is 2.14. The molecule has 0 aromatic heterocycles. The van der Waals surface area contributed by atoms with Crippen LogP contribution in [-0.4, -0.2) is 36.3 Å². The van der Waals surface area contributed by atoms with Gasteiger partial charge in [0.2, 0.25) is 0 Å². The van der Waals surface area contributed by atoms with Crippen molar-refractivity contribution in [2.45, 2.75) is 24.9 Å². The summed E-state index contributed by atoms with van der Waals surface area (Å²) in [5.41, 5.74) is 0.350. The van der Waals surface area contributed by atoms with Gasteiger partial charge in [0.05, 0.1) is 11.3 Å². The molecule has 1 rings (SSSR count). The average Bonchev–Trinajstić information content (AvgIpc) is 2.26. The SMILES string of the molecule is CC(=O)C(C(C)=O)S(=O)(=O)Cc1ccc(C(=O)O)cc1. The Labute approximate surface area is 116 Å². The molecule has 6 nitrogen and oxygen atoms in total. The monoisotopic (exact) mass is 298 g/mol. The average molecular weight is 298 g/mol. The molecule has 0 aliphatic carbocycles. The van der Waals surface area contributed by atoms with E-state index in [1.807, 2.05) is 0 Å². The Morgan fingerprint density at radius 1 is 1.05 bits per heavy atom. The molecule has 0 unspecified atom stereocenters.